The maximum Gasteiger partial charge on any atom is 0.329 e. The van der Waals surface area contributed by atoms with Gasteiger partial charge in [-0.1, -0.05) is 78.0 Å². The van der Waals surface area contributed by atoms with E-state index in [0.717, 1.165) is 5.57 Å². The Kier molecular flexibility index (Phi) is 21.5. The number of Topliss-reactive ketones (excluding diaryl/α,β-unsaturated/α-hetero) is 2. The summed E-state index contributed by atoms with van der Waals surface area (Å²) in [6, 6.07) is -1.14. The highest BCUT2D eigenvalue weighted by Crippen LogP contribution is 2.38. The summed E-state index contributed by atoms with van der Waals surface area (Å²) < 4.78 is 23.9. The number of carbonyl (C=O) groups excluding carboxylic acids is 4. The molecular formula is C52H83NO13. The first-order valence-corrected chi connectivity index (χ1v) is 24.6. The molecular weight excluding hydrogens is 847 g/mol. The number of aliphatic hydroxyl groups is 5. The molecule has 17 atom stereocenters. The first-order chi connectivity index (χ1) is 31.1. The van der Waals surface area contributed by atoms with Crippen molar-refractivity contribution in [2.75, 3.05) is 20.8 Å². The van der Waals surface area contributed by atoms with Crippen LogP contribution in [0.3, 0.4) is 0 Å². The summed E-state index contributed by atoms with van der Waals surface area (Å²) in [5.41, 5.74) is 1.42. The monoisotopic (exact) mass is 930 g/mol. The van der Waals surface area contributed by atoms with Crippen LogP contribution in [0.15, 0.2) is 47.6 Å². The minimum absolute atomic E-state index is 0.00440. The van der Waals surface area contributed by atoms with Crippen LogP contribution in [0.25, 0.3) is 0 Å². The predicted octanol–water partition coefficient (Wildman–Crippen LogP) is 5.95. The van der Waals surface area contributed by atoms with Gasteiger partial charge in [-0.15, -0.1) is 0 Å². The van der Waals surface area contributed by atoms with Crippen molar-refractivity contribution in [1.82, 2.24) is 4.90 Å². The number of hydrogen-bond donors (Lipinski definition) is 5. The van der Waals surface area contributed by atoms with Gasteiger partial charge in [-0.2, -0.15) is 0 Å². The van der Waals surface area contributed by atoms with Crippen molar-refractivity contribution in [3.8, 4) is 0 Å². The van der Waals surface area contributed by atoms with E-state index in [2.05, 4.69) is 6.92 Å². The summed E-state index contributed by atoms with van der Waals surface area (Å²) in [5.74, 6) is -7.70. The fourth-order valence-electron chi connectivity index (χ4n) is 10.4. The van der Waals surface area contributed by atoms with Gasteiger partial charge in [0, 0.05) is 45.4 Å². The fraction of sp³-hybridized carbons (Fsp3) is 0.769. The van der Waals surface area contributed by atoms with E-state index < -0.39 is 90.2 Å². The van der Waals surface area contributed by atoms with Gasteiger partial charge in [0.05, 0.1) is 30.5 Å². The van der Waals surface area contributed by atoms with Crippen LogP contribution in [0.1, 0.15) is 132 Å². The first kappa shape index (κ1) is 55.5. The Bertz CT molecular complexity index is 1740. The summed E-state index contributed by atoms with van der Waals surface area (Å²) in [6.07, 6.45) is 9.80. The lowest BCUT2D eigenvalue weighted by Crippen LogP contribution is -2.61. The lowest BCUT2D eigenvalue weighted by atomic mass is 9.78. The van der Waals surface area contributed by atoms with Gasteiger partial charge in [-0.05, 0) is 119 Å². The van der Waals surface area contributed by atoms with Gasteiger partial charge >= 0.3 is 5.97 Å². The molecule has 0 aromatic rings. The van der Waals surface area contributed by atoms with Gasteiger partial charge < -0.3 is 49.4 Å². The SMILES string of the molecule is CO[C@@H]1C(O)[C@H](C)C[C@H](C)/C=C/C=C/C=C(\C)[C@H](OC)CC2CC[C@@H](C)[C@@](O)(O2)C(=O)C(=O)N2CCCCC2C(=O)OC([C@H](C)CC2CC[C@@H](O)[C@H](O)C2)CC(=O)[C@@H](C)[C@@H](C)/C=C(\C)[C@@H]1O. The molecule has 2 bridgehead atoms. The summed E-state index contributed by atoms with van der Waals surface area (Å²) in [4.78, 5) is 58.2. The number of carbonyl (C=O) groups is 4. The second kappa shape index (κ2) is 25.5. The van der Waals surface area contributed by atoms with Gasteiger partial charge in [0.15, 0.2) is 0 Å². The number of amides is 1. The number of allylic oxidation sites excluding steroid dienone is 6. The standard InChI is InChI=1S/C52H83NO13/c1-30-16-12-11-13-17-31(2)44(63-9)28-39-21-19-36(7)52(62,66-39)49(59)50(60)53-23-15-14-18-40(53)51(61)65-45(33(4)26-38-20-22-41(54)43(56)27-38)29-42(55)37(8)32(3)25-35(6)47(58)48(64-10)46(57)34(5)24-30/h11-13,16-17,25,30,32-34,36-41,43-48,54,56-58,62H,14-15,18-24,26-29H2,1-10H3/b13-11+,16-12+,31-17+,35-25+/t30-,32+,33-,34-,36-,37+,38?,39?,40?,41-,43-,44-,45?,46?,47+,48-,52-/m1/s1. The van der Waals surface area contributed by atoms with Gasteiger partial charge in [-0.3, -0.25) is 14.4 Å². The number of rotatable bonds is 5. The molecule has 4 rings (SSSR count). The summed E-state index contributed by atoms with van der Waals surface area (Å²) >= 11 is 0. The highest BCUT2D eigenvalue weighted by molar-refractivity contribution is 6.39. The molecule has 3 heterocycles. The molecule has 374 valence electrons. The van der Waals surface area contributed by atoms with E-state index in [1.165, 1.54) is 12.0 Å². The zero-order chi connectivity index (χ0) is 49.0. The molecule has 3 aliphatic heterocycles. The smallest absolute Gasteiger partial charge is 0.329 e. The van der Waals surface area contributed by atoms with E-state index in [1.807, 2.05) is 64.2 Å². The second-order valence-corrected chi connectivity index (χ2v) is 20.5. The molecule has 14 nitrogen and oxygen atoms in total. The average molecular weight is 930 g/mol. The van der Waals surface area contributed by atoms with Gasteiger partial charge in [0.1, 0.15) is 30.1 Å². The Balaban J connectivity index is 1.70. The predicted molar refractivity (Wildman–Crippen MR) is 251 cm³/mol. The third kappa shape index (κ3) is 14.5. The lowest BCUT2D eigenvalue weighted by Gasteiger charge is -2.42. The van der Waals surface area contributed by atoms with E-state index in [4.69, 9.17) is 18.9 Å². The Morgan fingerprint density at radius 1 is 0.833 bits per heavy atom. The fourth-order valence-corrected chi connectivity index (χ4v) is 10.4. The molecule has 1 aliphatic carbocycles. The third-order valence-electron chi connectivity index (χ3n) is 15.2. The van der Waals surface area contributed by atoms with Crippen LogP contribution in [0, 0.1) is 41.4 Å². The number of cyclic esters (lactones) is 1. The molecule has 66 heavy (non-hydrogen) atoms. The van der Waals surface area contributed by atoms with Crippen LogP contribution < -0.4 is 0 Å². The van der Waals surface area contributed by atoms with Crippen molar-refractivity contribution in [3.63, 3.8) is 0 Å². The Hall–Kier alpha value is -3.08. The molecule has 0 spiro atoms. The Morgan fingerprint density at radius 3 is 2.21 bits per heavy atom. The van der Waals surface area contributed by atoms with Crippen LogP contribution >= 0.6 is 0 Å². The molecule has 4 aliphatic rings. The van der Waals surface area contributed by atoms with E-state index in [-0.39, 0.29) is 54.8 Å². The zero-order valence-corrected chi connectivity index (χ0v) is 41.3. The molecule has 5 N–H and O–H groups in total. The number of hydrogen-bond acceptors (Lipinski definition) is 13. The number of fused-ring (bicyclic) bond motifs is 3. The number of methoxy groups -OCH3 is 2. The van der Waals surface area contributed by atoms with E-state index in [1.54, 1.807) is 27.9 Å². The lowest BCUT2D eigenvalue weighted by molar-refractivity contribution is -0.265. The number of aliphatic hydroxyl groups excluding tert-OH is 4. The van der Waals surface area contributed by atoms with Crippen LogP contribution in [0.2, 0.25) is 0 Å². The second-order valence-electron chi connectivity index (χ2n) is 20.5. The largest absolute Gasteiger partial charge is 0.460 e. The van der Waals surface area contributed by atoms with Crippen molar-refractivity contribution in [3.05, 3.63) is 47.6 Å². The topological polar surface area (TPSA) is 210 Å². The van der Waals surface area contributed by atoms with Crippen LogP contribution in [0.5, 0.6) is 0 Å². The molecule has 2 saturated heterocycles. The highest BCUT2D eigenvalue weighted by Gasteiger charge is 2.53. The normalized spacial score (nSPS) is 42.4. The molecule has 1 amide bonds. The summed E-state index contributed by atoms with van der Waals surface area (Å²) in [5, 5.41) is 55.6. The molecule has 1 saturated carbocycles. The first-order valence-electron chi connectivity index (χ1n) is 24.6. The molecule has 5 unspecified atom stereocenters. The van der Waals surface area contributed by atoms with Crippen molar-refractivity contribution in [1.29, 1.82) is 0 Å². The highest BCUT2D eigenvalue weighted by atomic mass is 16.6. The minimum Gasteiger partial charge on any atom is -0.460 e. The number of esters is 1. The van der Waals surface area contributed by atoms with Crippen molar-refractivity contribution < 1.29 is 63.7 Å². The van der Waals surface area contributed by atoms with Gasteiger partial charge in [-0.25, -0.2) is 4.79 Å². The number of ketones is 2. The van der Waals surface area contributed by atoms with Crippen molar-refractivity contribution in [2.45, 2.75) is 193 Å². The molecule has 0 radical (unpaired) electrons. The zero-order valence-electron chi connectivity index (χ0n) is 41.3. The Morgan fingerprint density at radius 2 is 1.55 bits per heavy atom. The van der Waals surface area contributed by atoms with Crippen molar-refractivity contribution >= 4 is 23.4 Å². The maximum atomic E-state index is 14.4. The average Bonchev–Trinajstić information content (AvgIpc) is 3.28. The minimum atomic E-state index is -2.43. The quantitative estimate of drug-likeness (QED) is 0.123. The van der Waals surface area contributed by atoms with Crippen molar-refractivity contribution in [2.24, 2.45) is 41.4 Å². The maximum absolute atomic E-state index is 14.4. The van der Waals surface area contributed by atoms with E-state index >= 15 is 0 Å². The summed E-state index contributed by atoms with van der Waals surface area (Å²) in [7, 11) is 3.04. The Labute approximate surface area is 393 Å². The van der Waals surface area contributed by atoms with Crippen LogP contribution in [0.4, 0.5) is 0 Å². The van der Waals surface area contributed by atoms with Crippen LogP contribution in [-0.4, -0.2) is 135 Å². The van der Waals surface area contributed by atoms with E-state index in [9.17, 15) is 44.7 Å². The molecule has 0 aromatic carbocycles. The molecule has 0 aromatic heterocycles. The molecule has 3 fully saturated rings. The third-order valence-corrected chi connectivity index (χ3v) is 15.2. The van der Waals surface area contributed by atoms with Gasteiger partial charge in [0.25, 0.3) is 11.7 Å². The number of ether oxygens (including phenoxy) is 4. The number of piperidine rings is 1. The van der Waals surface area contributed by atoms with Crippen LogP contribution in [-0.2, 0) is 38.1 Å². The van der Waals surface area contributed by atoms with Gasteiger partial charge in [0.2, 0.25) is 5.79 Å². The van der Waals surface area contributed by atoms with E-state index in [0.29, 0.717) is 69.8 Å². The molecule has 14 heteroatoms. The summed E-state index contributed by atoms with van der Waals surface area (Å²) in [6.45, 7) is 14.9. The number of nitrogens with zero attached hydrogens (tertiary/aromatic N) is 1.